The molecular weight excluding hydrogens is 196 g/mol. The molecule has 1 unspecified atom stereocenters. The summed E-state index contributed by atoms with van der Waals surface area (Å²) in [5, 5.41) is 19.1. The lowest BCUT2D eigenvalue weighted by Crippen LogP contribution is -2.33. The van der Waals surface area contributed by atoms with E-state index < -0.39 is 5.60 Å². The molecule has 0 aromatic rings. The van der Waals surface area contributed by atoms with E-state index in [1.165, 1.54) is 0 Å². The van der Waals surface area contributed by atoms with Gasteiger partial charge in [-0.25, -0.2) is 0 Å². The van der Waals surface area contributed by atoms with Crippen molar-refractivity contribution in [1.29, 1.82) is 0 Å². The van der Waals surface area contributed by atoms with Crippen molar-refractivity contribution in [3.63, 3.8) is 0 Å². The highest BCUT2D eigenvalue weighted by atomic mass is 16.7. The van der Waals surface area contributed by atoms with Gasteiger partial charge in [-0.1, -0.05) is 0 Å². The van der Waals surface area contributed by atoms with Crippen LogP contribution in [0.4, 0.5) is 0 Å². The van der Waals surface area contributed by atoms with E-state index in [1.54, 1.807) is 0 Å². The fourth-order valence-electron chi connectivity index (χ4n) is 3.61. The second-order valence-corrected chi connectivity index (χ2v) is 5.33. The van der Waals surface area contributed by atoms with Crippen molar-refractivity contribution in [1.82, 2.24) is 0 Å². The van der Waals surface area contributed by atoms with Crippen LogP contribution in [0, 0.1) is 11.8 Å². The van der Waals surface area contributed by atoms with Gasteiger partial charge in [0.1, 0.15) is 0 Å². The molecule has 4 nitrogen and oxygen atoms in total. The molecule has 0 amide bonds. The third kappa shape index (κ3) is 1.51. The highest BCUT2D eigenvalue weighted by Gasteiger charge is 2.56. The quantitative estimate of drug-likeness (QED) is 0.658. The first-order valence-corrected chi connectivity index (χ1v) is 5.76. The van der Waals surface area contributed by atoms with Crippen LogP contribution in [0.5, 0.6) is 0 Å². The van der Waals surface area contributed by atoms with E-state index in [2.05, 4.69) is 0 Å². The van der Waals surface area contributed by atoms with Crippen LogP contribution in [-0.2, 0) is 9.47 Å². The van der Waals surface area contributed by atoms with Crippen molar-refractivity contribution in [3.05, 3.63) is 0 Å². The molecular formula is C11H18O4. The Morgan fingerprint density at radius 2 is 1.53 bits per heavy atom. The lowest BCUT2D eigenvalue weighted by molar-refractivity contribution is -0.159. The number of hydrogen-bond donors (Lipinski definition) is 2. The van der Waals surface area contributed by atoms with E-state index >= 15 is 0 Å². The molecule has 86 valence electrons. The summed E-state index contributed by atoms with van der Waals surface area (Å²) in [6.07, 6.45) is 3.17. The van der Waals surface area contributed by atoms with Gasteiger partial charge < -0.3 is 19.7 Å². The topological polar surface area (TPSA) is 58.9 Å². The maximum atomic E-state index is 10.0. The summed E-state index contributed by atoms with van der Waals surface area (Å²) in [7, 11) is 0. The summed E-state index contributed by atoms with van der Waals surface area (Å²) >= 11 is 0. The molecule has 3 atom stereocenters. The monoisotopic (exact) mass is 214 g/mol. The van der Waals surface area contributed by atoms with Gasteiger partial charge in [-0.3, -0.25) is 0 Å². The van der Waals surface area contributed by atoms with Gasteiger partial charge in [0.15, 0.2) is 5.79 Å². The van der Waals surface area contributed by atoms with Crippen LogP contribution in [0.25, 0.3) is 0 Å². The Labute approximate surface area is 89.2 Å². The van der Waals surface area contributed by atoms with Crippen LogP contribution in [0.1, 0.15) is 25.7 Å². The van der Waals surface area contributed by atoms with E-state index in [1.807, 2.05) is 0 Å². The minimum Gasteiger partial charge on any atom is -0.393 e. The van der Waals surface area contributed by atoms with Gasteiger partial charge in [-0.05, 0) is 24.7 Å². The SMILES string of the molecule is OCC1(O)C[C@@H]2CC3(C[C@@H]2C1)OCCO3. The fourth-order valence-corrected chi connectivity index (χ4v) is 3.61. The third-order valence-corrected chi connectivity index (χ3v) is 4.21. The van der Waals surface area contributed by atoms with Gasteiger partial charge in [0.25, 0.3) is 0 Å². The Bertz CT molecular complexity index is 243. The molecule has 1 heterocycles. The van der Waals surface area contributed by atoms with Crippen LogP contribution < -0.4 is 0 Å². The van der Waals surface area contributed by atoms with Crippen LogP contribution in [0.3, 0.4) is 0 Å². The standard InChI is InChI=1S/C11H18O4/c12-7-10(13)3-8-5-11(6-9(8)4-10)14-1-2-15-11/h8-9,12-13H,1-7H2/t8-,9+,10?. The van der Waals surface area contributed by atoms with Gasteiger partial charge in [-0.15, -0.1) is 0 Å². The molecule has 0 bridgehead atoms. The molecule has 0 radical (unpaired) electrons. The highest BCUT2D eigenvalue weighted by Crippen LogP contribution is 2.54. The Morgan fingerprint density at radius 3 is 2.00 bits per heavy atom. The minimum atomic E-state index is -0.838. The number of hydrogen-bond acceptors (Lipinski definition) is 4. The van der Waals surface area contributed by atoms with Gasteiger partial charge >= 0.3 is 0 Å². The van der Waals surface area contributed by atoms with Crippen molar-refractivity contribution >= 4 is 0 Å². The maximum Gasteiger partial charge on any atom is 0.169 e. The van der Waals surface area contributed by atoms with Crippen LogP contribution in [-0.4, -0.2) is 41.4 Å². The molecule has 2 N–H and O–H groups in total. The predicted molar refractivity (Wildman–Crippen MR) is 52.1 cm³/mol. The fraction of sp³-hybridized carbons (Fsp3) is 1.00. The summed E-state index contributed by atoms with van der Waals surface area (Å²) < 4.78 is 11.3. The van der Waals surface area contributed by atoms with Crippen molar-refractivity contribution in [2.24, 2.45) is 11.8 Å². The predicted octanol–water partition coefficient (Wildman–Crippen LogP) is 0.273. The molecule has 1 aliphatic heterocycles. The van der Waals surface area contributed by atoms with Gasteiger partial charge in [0.05, 0.1) is 25.4 Å². The first-order chi connectivity index (χ1) is 7.15. The second-order valence-electron chi connectivity index (χ2n) is 5.33. The molecule has 3 aliphatic rings. The molecule has 2 saturated carbocycles. The van der Waals surface area contributed by atoms with Crippen molar-refractivity contribution in [2.45, 2.75) is 37.1 Å². The molecule has 15 heavy (non-hydrogen) atoms. The first-order valence-electron chi connectivity index (χ1n) is 5.76. The molecule has 0 aromatic carbocycles. The van der Waals surface area contributed by atoms with E-state index in [-0.39, 0.29) is 12.4 Å². The molecule has 3 rings (SSSR count). The first kappa shape index (κ1) is 10.0. The summed E-state index contributed by atoms with van der Waals surface area (Å²) in [6.45, 7) is 1.28. The summed E-state index contributed by atoms with van der Waals surface area (Å²) in [5.41, 5.74) is -0.838. The van der Waals surface area contributed by atoms with Crippen LogP contribution in [0.2, 0.25) is 0 Å². The van der Waals surface area contributed by atoms with Crippen LogP contribution in [0.15, 0.2) is 0 Å². The number of aliphatic hydroxyl groups excluding tert-OH is 1. The van der Waals surface area contributed by atoms with E-state index in [9.17, 15) is 5.11 Å². The lowest BCUT2D eigenvalue weighted by Gasteiger charge is -2.26. The largest absolute Gasteiger partial charge is 0.393 e. The smallest absolute Gasteiger partial charge is 0.169 e. The third-order valence-electron chi connectivity index (χ3n) is 4.21. The Balaban J connectivity index is 1.71. The summed E-state index contributed by atoms with van der Waals surface area (Å²) in [5.74, 6) is 0.576. The average molecular weight is 214 g/mol. The zero-order chi connectivity index (χ0) is 10.5. The number of rotatable bonds is 1. The van der Waals surface area contributed by atoms with Crippen molar-refractivity contribution < 1.29 is 19.7 Å². The van der Waals surface area contributed by atoms with Crippen molar-refractivity contribution in [2.75, 3.05) is 19.8 Å². The van der Waals surface area contributed by atoms with E-state index in [0.717, 1.165) is 12.8 Å². The highest BCUT2D eigenvalue weighted by molar-refractivity contribution is 5.03. The Kier molecular flexibility index (Phi) is 2.12. The molecule has 3 fully saturated rings. The molecule has 4 heteroatoms. The number of fused-ring (bicyclic) bond motifs is 1. The minimum absolute atomic E-state index is 0.116. The molecule has 0 aromatic heterocycles. The molecule has 1 saturated heterocycles. The Hall–Kier alpha value is -0.160. The molecule has 1 spiro atoms. The van der Waals surface area contributed by atoms with E-state index in [4.69, 9.17) is 14.6 Å². The second kappa shape index (κ2) is 3.17. The van der Waals surface area contributed by atoms with Gasteiger partial charge in [-0.2, -0.15) is 0 Å². The summed E-state index contributed by atoms with van der Waals surface area (Å²) in [6, 6.07) is 0. The van der Waals surface area contributed by atoms with Crippen LogP contribution >= 0.6 is 0 Å². The molecule has 2 aliphatic carbocycles. The number of aliphatic hydroxyl groups is 2. The zero-order valence-electron chi connectivity index (χ0n) is 8.82. The average Bonchev–Trinajstić information content (AvgIpc) is 2.82. The number of ether oxygens (including phenoxy) is 2. The lowest BCUT2D eigenvalue weighted by atomic mass is 9.98. The van der Waals surface area contributed by atoms with Crippen molar-refractivity contribution in [3.8, 4) is 0 Å². The Morgan fingerprint density at radius 1 is 1.00 bits per heavy atom. The maximum absolute atomic E-state index is 10.0. The van der Waals surface area contributed by atoms with Gasteiger partial charge in [0.2, 0.25) is 0 Å². The van der Waals surface area contributed by atoms with E-state index in [0.29, 0.717) is 37.9 Å². The summed E-state index contributed by atoms with van der Waals surface area (Å²) in [4.78, 5) is 0. The zero-order valence-corrected chi connectivity index (χ0v) is 8.82. The normalized spacial score (nSPS) is 47.6. The van der Waals surface area contributed by atoms with Gasteiger partial charge in [0, 0.05) is 12.8 Å².